The molecule has 0 heterocycles. The Morgan fingerprint density at radius 3 is 2.31 bits per heavy atom. The molecule has 0 saturated heterocycles. The van der Waals surface area contributed by atoms with Gasteiger partial charge in [-0.2, -0.15) is 0 Å². The van der Waals surface area contributed by atoms with Crippen molar-refractivity contribution in [1.29, 1.82) is 0 Å². The van der Waals surface area contributed by atoms with Crippen LogP contribution in [-0.2, 0) is 10.8 Å². The summed E-state index contributed by atoms with van der Waals surface area (Å²) < 4.78 is 22.7. The van der Waals surface area contributed by atoms with Gasteiger partial charge in [-0.3, -0.25) is 9.20 Å². The van der Waals surface area contributed by atoms with Crippen LogP contribution in [0.25, 0.3) is 0 Å². The molecule has 0 spiro atoms. The van der Waals surface area contributed by atoms with Gasteiger partial charge in [-0.15, -0.1) is 24.0 Å². The SMILES string of the molecule is CN=C(NCCS(=O)C(C)(C)C)N(C)CCOc1ccc(OC)cc1.I. The van der Waals surface area contributed by atoms with Gasteiger partial charge >= 0.3 is 0 Å². The van der Waals surface area contributed by atoms with E-state index < -0.39 is 10.8 Å². The van der Waals surface area contributed by atoms with Gasteiger partial charge in [-0.1, -0.05) is 0 Å². The van der Waals surface area contributed by atoms with Gasteiger partial charge in [-0.25, -0.2) is 0 Å². The fourth-order valence-corrected chi connectivity index (χ4v) is 2.92. The van der Waals surface area contributed by atoms with Crippen molar-refractivity contribution in [2.75, 3.05) is 46.7 Å². The summed E-state index contributed by atoms with van der Waals surface area (Å²) >= 11 is 0. The molecule has 1 atom stereocenters. The summed E-state index contributed by atoms with van der Waals surface area (Å²) in [6.07, 6.45) is 0. The molecule has 150 valence electrons. The van der Waals surface area contributed by atoms with Crippen LogP contribution in [0.15, 0.2) is 29.3 Å². The predicted octanol–water partition coefficient (Wildman–Crippen LogP) is 2.75. The van der Waals surface area contributed by atoms with Gasteiger partial charge in [0.15, 0.2) is 5.96 Å². The van der Waals surface area contributed by atoms with E-state index in [4.69, 9.17) is 9.47 Å². The second kappa shape index (κ2) is 12.4. The number of rotatable bonds is 8. The summed E-state index contributed by atoms with van der Waals surface area (Å²) in [6.45, 7) is 7.81. The molecule has 1 unspecified atom stereocenters. The lowest BCUT2D eigenvalue weighted by atomic mass is 10.3. The molecular weight excluding hydrogens is 465 g/mol. The van der Waals surface area contributed by atoms with Gasteiger partial charge in [0.1, 0.15) is 18.1 Å². The Labute approximate surface area is 177 Å². The Hall–Kier alpha value is -1.03. The van der Waals surface area contributed by atoms with E-state index in [-0.39, 0.29) is 28.7 Å². The Morgan fingerprint density at radius 1 is 1.23 bits per heavy atom. The molecule has 1 N–H and O–H groups in total. The minimum atomic E-state index is -0.873. The van der Waals surface area contributed by atoms with Crippen LogP contribution in [0.5, 0.6) is 11.5 Å². The number of hydrogen-bond donors (Lipinski definition) is 1. The minimum Gasteiger partial charge on any atom is -0.497 e. The molecule has 0 amide bonds. The van der Waals surface area contributed by atoms with Crippen LogP contribution < -0.4 is 14.8 Å². The zero-order valence-corrected chi connectivity index (χ0v) is 19.7. The van der Waals surface area contributed by atoms with Crippen molar-refractivity contribution in [2.45, 2.75) is 25.5 Å². The van der Waals surface area contributed by atoms with Gasteiger partial charge in [0.25, 0.3) is 0 Å². The molecule has 0 fully saturated rings. The van der Waals surface area contributed by atoms with E-state index in [0.29, 0.717) is 25.4 Å². The van der Waals surface area contributed by atoms with Gasteiger partial charge in [0.05, 0.1) is 13.7 Å². The lowest BCUT2D eigenvalue weighted by Gasteiger charge is -2.23. The van der Waals surface area contributed by atoms with E-state index in [0.717, 1.165) is 17.5 Å². The molecule has 1 rings (SSSR count). The molecule has 0 saturated carbocycles. The molecule has 26 heavy (non-hydrogen) atoms. The summed E-state index contributed by atoms with van der Waals surface area (Å²) in [6, 6.07) is 7.51. The first-order valence-corrected chi connectivity index (χ1v) is 9.67. The molecule has 0 radical (unpaired) electrons. The fraction of sp³-hybridized carbons (Fsp3) is 0.611. The van der Waals surface area contributed by atoms with E-state index in [2.05, 4.69) is 10.3 Å². The van der Waals surface area contributed by atoms with E-state index in [9.17, 15) is 4.21 Å². The maximum absolute atomic E-state index is 12.1. The number of halogens is 1. The number of guanidine groups is 1. The highest BCUT2D eigenvalue weighted by molar-refractivity contribution is 14.0. The zero-order chi connectivity index (χ0) is 18.9. The summed E-state index contributed by atoms with van der Waals surface area (Å²) in [5.41, 5.74) is 0. The van der Waals surface area contributed by atoms with Crippen molar-refractivity contribution in [3.63, 3.8) is 0 Å². The largest absolute Gasteiger partial charge is 0.497 e. The molecule has 0 aliphatic carbocycles. The summed E-state index contributed by atoms with van der Waals surface area (Å²) in [7, 11) is 4.46. The maximum atomic E-state index is 12.1. The van der Waals surface area contributed by atoms with E-state index in [1.807, 2.05) is 57.0 Å². The average molecular weight is 497 g/mol. The van der Waals surface area contributed by atoms with E-state index in [1.54, 1.807) is 14.2 Å². The minimum absolute atomic E-state index is 0. The Bertz CT molecular complexity index is 574. The number of hydrogen-bond acceptors (Lipinski definition) is 4. The van der Waals surface area contributed by atoms with Crippen LogP contribution >= 0.6 is 24.0 Å². The molecule has 0 aliphatic heterocycles. The lowest BCUT2D eigenvalue weighted by molar-refractivity contribution is 0.281. The second-order valence-electron chi connectivity index (χ2n) is 6.58. The quantitative estimate of drug-likeness (QED) is 0.340. The normalized spacial score (nSPS) is 12.8. The van der Waals surface area contributed by atoms with Gasteiger partial charge in [0, 0.05) is 41.9 Å². The number of ether oxygens (including phenoxy) is 2. The Morgan fingerprint density at radius 2 is 1.81 bits per heavy atom. The first kappa shape index (κ1) is 25.0. The Kier molecular flexibility index (Phi) is 11.9. The van der Waals surface area contributed by atoms with Crippen molar-refractivity contribution in [2.24, 2.45) is 4.99 Å². The number of aliphatic imine (C=N–C) groups is 1. The summed E-state index contributed by atoms with van der Waals surface area (Å²) in [5, 5.41) is 3.25. The number of methoxy groups -OCH3 is 1. The van der Waals surface area contributed by atoms with Crippen LogP contribution in [-0.4, -0.2) is 66.5 Å². The standard InChI is InChI=1S/C18H31N3O3S.HI/c1-18(2,3)25(22)14-11-20-17(19-4)21(5)12-13-24-16-9-7-15(23-6)8-10-16;/h7-10H,11-14H2,1-6H3,(H,19,20);1H. The lowest BCUT2D eigenvalue weighted by Crippen LogP contribution is -2.43. The van der Waals surface area contributed by atoms with E-state index in [1.165, 1.54) is 0 Å². The molecule has 8 heteroatoms. The van der Waals surface area contributed by atoms with Crippen LogP contribution in [0.1, 0.15) is 20.8 Å². The molecule has 6 nitrogen and oxygen atoms in total. The Balaban J connectivity index is 0.00000625. The summed E-state index contributed by atoms with van der Waals surface area (Å²) in [5.74, 6) is 2.97. The molecule has 0 aromatic heterocycles. The van der Waals surface area contributed by atoms with Crippen molar-refractivity contribution in [1.82, 2.24) is 10.2 Å². The number of likely N-dealkylation sites (N-methyl/N-ethyl adjacent to an activating group) is 1. The third-order valence-corrected chi connectivity index (χ3v) is 5.52. The molecular formula is C18H32IN3O3S. The van der Waals surface area contributed by atoms with Crippen LogP contribution in [0.4, 0.5) is 0 Å². The topological polar surface area (TPSA) is 63.2 Å². The third-order valence-electron chi connectivity index (χ3n) is 3.58. The second-order valence-corrected chi connectivity index (χ2v) is 8.91. The number of nitrogens with zero attached hydrogens (tertiary/aromatic N) is 2. The van der Waals surface area contributed by atoms with Crippen molar-refractivity contribution in [3.8, 4) is 11.5 Å². The maximum Gasteiger partial charge on any atom is 0.193 e. The zero-order valence-electron chi connectivity index (χ0n) is 16.6. The molecule has 0 aliphatic rings. The number of nitrogens with one attached hydrogen (secondary N) is 1. The monoisotopic (exact) mass is 497 g/mol. The third kappa shape index (κ3) is 9.07. The first-order valence-electron chi connectivity index (χ1n) is 8.35. The predicted molar refractivity (Wildman–Crippen MR) is 121 cm³/mol. The smallest absolute Gasteiger partial charge is 0.193 e. The highest BCUT2D eigenvalue weighted by Crippen LogP contribution is 2.16. The van der Waals surface area contributed by atoms with Crippen LogP contribution in [0.3, 0.4) is 0 Å². The van der Waals surface area contributed by atoms with Crippen molar-refractivity contribution >= 4 is 40.7 Å². The summed E-state index contributed by atoms with van der Waals surface area (Å²) in [4.78, 5) is 6.25. The number of benzene rings is 1. The molecule has 1 aromatic carbocycles. The molecule has 0 bridgehead atoms. The first-order chi connectivity index (χ1) is 11.8. The highest BCUT2D eigenvalue weighted by atomic mass is 127. The van der Waals surface area contributed by atoms with Crippen LogP contribution in [0, 0.1) is 0 Å². The van der Waals surface area contributed by atoms with Crippen molar-refractivity contribution < 1.29 is 13.7 Å². The van der Waals surface area contributed by atoms with Crippen LogP contribution in [0.2, 0.25) is 0 Å². The average Bonchev–Trinajstić information content (AvgIpc) is 2.58. The van der Waals surface area contributed by atoms with Gasteiger partial charge in [-0.05, 0) is 45.0 Å². The van der Waals surface area contributed by atoms with Gasteiger partial charge < -0.3 is 19.7 Å². The highest BCUT2D eigenvalue weighted by Gasteiger charge is 2.18. The van der Waals surface area contributed by atoms with Gasteiger partial charge in [0.2, 0.25) is 0 Å². The fourth-order valence-electron chi connectivity index (χ4n) is 2.02. The van der Waals surface area contributed by atoms with Crippen molar-refractivity contribution in [3.05, 3.63) is 24.3 Å². The molecule has 1 aromatic rings. The van der Waals surface area contributed by atoms with E-state index >= 15 is 0 Å².